The van der Waals surface area contributed by atoms with Crippen molar-refractivity contribution in [3.8, 4) is 11.3 Å². The van der Waals surface area contributed by atoms with Crippen molar-refractivity contribution in [1.29, 1.82) is 0 Å². The summed E-state index contributed by atoms with van der Waals surface area (Å²) >= 11 is 1.60. The van der Waals surface area contributed by atoms with Crippen molar-refractivity contribution in [3.63, 3.8) is 0 Å². The molecule has 2 amide bonds. The minimum Gasteiger partial charge on any atom is -0.444 e. The number of hydrogen-bond donors (Lipinski definition) is 2. The van der Waals surface area contributed by atoms with Crippen LogP contribution in [0.25, 0.3) is 22.9 Å². The number of ketones is 1. The third-order valence-corrected chi connectivity index (χ3v) is 9.63. The molecule has 240 valence electrons. The first-order chi connectivity index (χ1) is 21.4. The number of aromatic amines is 1. The van der Waals surface area contributed by atoms with Crippen LogP contribution < -0.4 is 5.32 Å². The number of aryl methyl sites for hydroxylation is 1. The quantitative estimate of drug-likeness (QED) is 0.180. The zero-order chi connectivity index (χ0) is 32.5. The van der Waals surface area contributed by atoms with Gasteiger partial charge in [-0.3, -0.25) is 9.59 Å². The summed E-state index contributed by atoms with van der Waals surface area (Å²) in [5.41, 5.74) is 6.54. The van der Waals surface area contributed by atoms with Crippen LogP contribution in [-0.2, 0) is 9.53 Å². The number of likely N-dealkylation sites (tertiary alicyclic amines) is 1. The summed E-state index contributed by atoms with van der Waals surface area (Å²) in [6.07, 6.45) is 3.73. The molecule has 2 N–H and O–H groups in total. The second-order valence-corrected chi connectivity index (χ2v) is 13.9. The second kappa shape index (κ2) is 13.3. The summed E-state index contributed by atoms with van der Waals surface area (Å²) in [6.45, 7) is 17.9. The van der Waals surface area contributed by atoms with Crippen LogP contribution in [0, 0.1) is 13.8 Å². The number of nitrogens with one attached hydrogen (secondary N) is 2. The van der Waals surface area contributed by atoms with Gasteiger partial charge in [0.15, 0.2) is 5.78 Å². The van der Waals surface area contributed by atoms with E-state index in [2.05, 4.69) is 29.0 Å². The standard InChI is InChI=1S/C35H45N5O4S/c1-8-39(9-2)15-10-11-30(41)31-21(3)28(36-22(31)4)18-26-25-17-23(12-13-27(25)37-32(26)42)29-20-45-33(38-29)24-14-16-40(19-24)34(43)44-35(5,6)7/h12-13,17-18,20,24,36H,8-11,14-16,19H2,1-7H3,(H,37,42)/b26-18-. The number of anilines is 1. The van der Waals surface area contributed by atoms with Crippen LogP contribution in [0.5, 0.6) is 0 Å². The maximum atomic E-state index is 13.2. The zero-order valence-corrected chi connectivity index (χ0v) is 28.3. The molecule has 10 heteroatoms. The van der Waals surface area contributed by atoms with Crippen molar-refractivity contribution >= 4 is 46.5 Å². The van der Waals surface area contributed by atoms with E-state index >= 15 is 0 Å². The predicted molar refractivity (Wildman–Crippen MR) is 181 cm³/mol. The van der Waals surface area contributed by atoms with E-state index in [4.69, 9.17) is 9.72 Å². The van der Waals surface area contributed by atoms with Crippen LogP contribution in [0.3, 0.4) is 0 Å². The third kappa shape index (κ3) is 7.23. The number of amides is 2. The molecule has 4 heterocycles. The molecule has 0 bridgehead atoms. The Kier molecular flexibility index (Phi) is 9.65. The number of nitrogens with zero attached hydrogens (tertiary/aromatic N) is 3. The molecule has 2 aromatic heterocycles. The minimum atomic E-state index is -0.524. The Bertz CT molecular complexity index is 1620. The maximum absolute atomic E-state index is 13.2. The largest absolute Gasteiger partial charge is 0.444 e. The summed E-state index contributed by atoms with van der Waals surface area (Å²) in [7, 11) is 0. The summed E-state index contributed by atoms with van der Waals surface area (Å²) in [4.78, 5) is 51.2. The van der Waals surface area contributed by atoms with Crippen molar-refractivity contribution in [1.82, 2.24) is 19.8 Å². The van der Waals surface area contributed by atoms with Gasteiger partial charge in [-0.2, -0.15) is 0 Å². The molecule has 3 aromatic rings. The van der Waals surface area contributed by atoms with Gasteiger partial charge in [-0.1, -0.05) is 19.9 Å². The first-order valence-electron chi connectivity index (χ1n) is 15.9. The molecule has 2 aliphatic heterocycles. The van der Waals surface area contributed by atoms with E-state index in [1.165, 1.54) is 0 Å². The SMILES string of the molecule is CCN(CC)CCCC(=O)c1c(C)[nH]c(/C=C2\C(=O)Nc3ccc(-c4csc(C5CCN(C(=O)OC(C)(C)C)C5)n4)cc32)c1C. The van der Waals surface area contributed by atoms with E-state index < -0.39 is 5.60 Å². The number of H-pyrrole nitrogens is 1. The van der Waals surface area contributed by atoms with Gasteiger partial charge in [-0.25, -0.2) is 9.78 Å². The Balaban J connectivity index is 1.33. The molecule has 0 spiro atoms. The number of thiazole rings is 1. The van der Waals surface area contributed by atoms with E-state index in [-0.39, 0.29) is 23.7 Å². The summed E-state index contributed by atoms with van der Waals surface area (Å²) in [5, 5.41) is 6.01. The Morgan fingerprint density at radius 1 is 1.20 bits per heavy atom. The lowest BCUT2D eigenvalue weighted by Crippen LogP contribution is -2.35. The van der Waals surface area contributed by atoms with E-state index in [0.29, 0.717) is 25.1 Å². The molecule has 1 aromatic carbocycles. The van der Waals surface area contributed by atoms with Crippen molar-refractivity contribution in [2.24, 2.45) is 0 Å². The van der Waals surface area contributed by atoms with Gasteiger partial charge >= 0.3 is 6.09 Å². The van der Waals surface area contributed by atoms with Crippen molar-refractivity contribution < 1.29 is 19.1 Å². The Morgan fingerprint density at radius 3 is 2.67 bits per heavy atom. The van der Waals surface area contributed by atoms with E-state index in [0.717, 1.165) is 82.5 Å². The first kappa shape index (κ1) is 32.6. The highest BCUT2D eigenvalue weighted by Crippen LogP contribution is 2.38. The van der Waals surface area contributed by atoms with Gasteiger partial charge in [0.05, 0.1) is 16.3 Å². The van der Waals surface area contributed by atoms with E-state index in [1.807, 2.05) is 64.3 Å². The fourth-order valence-corrected chi connectivity index (χ4v) is 7.12. The number of benzene rings is 1. The fourth-order valence-electron chi connectivity index (χ4n) is 6.16. The number of rotatable bonds is 10. The van der Waals surface area contributed by atoms with Gasteiger partial charge in [0, 0.05) is 64.6 Å². The topological polar surface area (TPSA) is 108 Å². The lowest BCUT2D eigenvalue weighted by Gasteiger charge is -2.24. The number of carbonyl (C=O) groups is 3. The summed E-state index contributed by atoms with van der Waals surface area (Å²) in [6, 6.07) is 5.89. The van der Waals surface area contributed by atoms with Crippen LogP contribution in [0.4, 0.5) is 10.5 Å². The van der Waals surface area contributed by atoms with Gasteiger partial charge in [0.1, 0.15) is 5.60 Å². The van der Waals surface area contributed by atoms with Crippen LogP contribution in [0.1, 0.15) is 97.7 Å². The second-order valence-electron chi connectivity index (χ2n) is 13.0. The number of Topliss-reactive ketones (excluding diaryl/α,β-unsaturated/α-hetero) is 1. The molecule has 1 fully saturated rings. The van der Waals surface area contributed by atoms with Crippen LogP contribution >= 0.6 is 11.3 Å². The summed E-state index contributed by atoms with van der Waals surface area (Å²) < 4.78 is 5.55. The van der Waals surface area contributed by atoms with Gasteiger partial charge in [0.25, 0.3) is 5.91 Å². The number of aromatic nitrogens is 2. The molecule has 0 saturated carbocycles. The molecule has 0 radical (unpaired) electrons. The van der Waals surface area contributed by atoms with Crippen LogP contribution in [0.2, 0.25) is 0 Å². The highest BCUT2D eigenvalue weighted by Gasteiger charge is 2.32. The molecular formula is C35H45N5O4S. The number of ether oxygens (including phenoxy) is 1. The maximum Gasteiger partial charge on any atom is 0.410 e. The third-order valence-electron chi connectivity index (χ3n) is 8.63. The lowest BCUT2D eigenvalue weighted by molar-refractivity contribution is -0.110. The van der Waals surface area contributed by atoms with Gasteiger partial charge in [0.2, 0.25) is 0 Å². The number of fused-ring (bicyclic) bond motifs is 1. The molecule has 45 heavy (non-hydrogen) atoms. The van der Waals surface area contributed by atoms with Crippen LogP contribution in [-0.4, -0.2) is 75.9 Å². The average molecular weight is 632 g/mol. The molecule has 1 unspecified atom stereocenters. The monoisotopic (exact) mass is 631 g/mol. The highest BCUT2D eigenvalue weighted by atomic mass is 32.1. The fraction of sp³-hybridized carbons (Fsp3) is 0.486. The Hall–Kier alpha value is -3.76. The van der Waals surface area contributed by atoms with Crippen LogP contribution in [0.15, 0.2) is 23.6 Å². The Morgan fingerprint density at radius 2 is 1.96 bits per heavy atom. The normalized spacial score (nSPS) is 17.3. The first-order valence-corrected chi connectivity index (χ1v) is 16.8. The molecule has 9 nitrogen and oxygen atoms in total. The van der Waals surface area contributed by atoms with E-state index in [1.54, 1.807) is 16.2 Å². The van der Waals surface area contributed by atoms with Gasteiger partial charge < -0.3 is 24.8 Å². The van der Waals surface area contributed by atoms with E-state index in [9.17, 15) is 14.4 Å². The minimum absolute atomic E-state index is 0.132. The smallest absolute Gasteiger partial charge is 0.410 e. The molecule has 2 aliphatic rings. The Labute approximate surface area is 270 Å². The number of carbonyl (C=O) groups excluding carboxylic acids is 3. The highest BCUT2D eigenvalue weighted by molar-refractivity contribution is 7.10. The van der Waals surface area contributed by atoms with Gasteiger partial charge in [-0.15, -0.1) is 11.3 Å². The van der Waals surface area contributed by atoms with Crippen molar-refractivity contribution in [3.05, 3.63) is 56.7 Å². The number of hydrogen-bond acceptors (Lipinski definition) is 7. The summed E-state index contributed by atoms with van der Waals surface area (Å²) in [5.74, 6) is 0.123. The molecule has 1 atom stereocenters. The van der Waals surface area contributed by atoms with Crippen molar-refractivity contribution in [2.75, 3.05) is 38.0 Å². The molecule has 0 aliphatic carbocycles. The predicted octanol–water partition coefficient (Wildman–Crippen LogP) is 7.28. The van der Waals surface area contributed by atoms with Gasteiger partial charge in [-0.05, 0) is 90.9 Å². The lowest BCUT2D eigenvalue weighted by atomic mass is 9.99. The average Bonchev–Trinajstić information content (AvgIpc) is 3.77. The molecule has 5 rings (SSSR count). The molecular weight excluding hydrogens is 586 g/mol. The zero-order valence-electron chi connectivity index (χ0n) is 27.5. The molecule has 1 saturated heterocycles. The van der Waals surface area contributed by atoms with Crippen molar-refractivity contribution in [2.45, 2.75) is 79.2 Å².